The lowest BCUT2D eigenvalue weighted by Gasteiger charge is -2.29. The molecule has 2 aromatic rings. The van der Waals surface area contributed by atoms with E-state index in [2.05, 4.69) is 68.7 Å². The van der Waals surface area contributed by atoms with Gasteiger partial charge in [-0.1, -0.05) is 45.0 Å². The molecule has 0 radical (unpaired) electrons. The van der Waals surface area contributed by atoms with E-state index in [0.717, 1.165) is 25.8 Å². The van der Waals surface area contributed by atoms with Crippen molar-refractivity contribution < 1.29 is 10.2 Å². The van der Waals surface area contributed by atoms with Gasteiger partial charge in [-0.25, -0.2) is 0 Å². The molecule has 0 amide bonds. The van der Waals surface area contributed by atoms with Crippen LogP contribution in [0.4, 0.5) is 5.69 Å². The maximum absolute atomic E-state index is 10.2. The molecule has 0 aromatic heterocycles. The Labute approximate surface area is 199 Å². The first-order valence-electron chi connectivity index (χ1n) is 12.5. The lowest BCUT2D eigenvalue weighted by Crippen LogP contribution is -2.54. The predicted octanol–water partition coefficient (Wildman–Crippen LogP) is 4.00. The van der Waals surface area contributed by atoms with Gasteiger partial charge >= 0.3 is 0 Å². The van der Waals surface area contributed by atoms with Crippen molar-refractivity contribution in [2.24, 2.45) is 5.73 Å². The van der Waals surface area contributed by atoms with Gasteiger partial charge in [0.15, 0.2) is 0 Å². The minimum absolute atomic E-state index is 0.0742. The molecule has 2 unspecified atom stereocenters. The first-order chi connectivity index (χ1) is 15.7. The summed E-state index contributed by atoms with van der Waals surface area (Å²) in [6, 6.07) is 10.9. The Morgan fingerprint density at radius 1 is 1.09 bits per heavy atom. The molecule has 3 rings (SSSR count). The monoisotopic (exact) mass is 453 g/mol. The zero-order valence-electron chi connectivity index (χ0n) is 21.0. The standard InChI is InChI=1S/C28H43N3O2/c1-6-24(27(29)28(33)19(5)32)31-16-21-12-18(4)26(17(2)3)23(14-21)13-20-9-10-22-8-7-11-30-25(22)15-20/h9-10,12,14-15,17,19,24,27-28,30-33H,6-8,11,13,16,29H2,1-5H3/t19-,24?,27+,28?/m0/s1. The number of benzene rings is 2. The van der Waals surface area contributed by atoms with Crippen LogP contribution >= 0.6 is 0 Å². The molecular weight excluding hydrogens is 410 g/mol. The van der Waals surface area contributed by atoms with Crippen LogP contribution in [0.3, 0.4) is 0 Å². The third-order valence-electron chi connectivity index (χ3n) is 6.98. The van der Waals surface area contributed by atoms with Crippen LogP contribution in [-0.2, 0) is 19.4 Å². The fourth-order valence-electron chi connectivity index (χ4n) is 5.23. The summed E-state index contributed by atoms with van der Waals surface area (Å²) in [5.41, 5.74) is 15.6. The van der Waals surface area contributed by atoms with E-state index in [-0.39, 0.29) is 6.04 Å². The highest BCUT2D eigenvalue weighted by Gasteiger charge is 2.26. The molecule has 4 atom stereocenters. The lowest BCUT2D eigenvalue weighted by atomic mass is 9.87. The first-order valence-corrected chi connectivity index (χ1v) is 12.5. The van der Waals surface area contributed by atoms with Crippen molar-refractivity contribution in [2.75, 3.05) is 11.9 Å². The molecule has 0 saturated heterocycles. The Morgan fingerprint density at radius 2 is 1.85 bits per heavy atom. The number of aryl methyl sites for hydroxylation is 2. The molecule has 0 spiro atoms. The quantitative estimate of drug-likeness (QED) is 0.375. The normalized spacial score (nSPS) is 17.2. The largest absolute Gasteiger partial charge is 0.391 e. The van der Waals surface area contributed by atoms with Gasteiger partial charge in [-0.3, -0.25) is 0 Å². The van der Waals surface area contributed by atoms with E-state index in [1.165, 1.54) is 45.5 Å². The number of nitrogens with two attached hydrogens (primary N) is 1. The second kappa shape index (κ2) is 11.5. The second-order valence-electron chi connectivity index (χ2n) is 10.0. The molecule has 182 valence electrons. The molecule has 33 heavy (non-hydrogen) atoms. The average molecular weight is 454 g/mol. The molecular formula is C28H43N3O2. The number of nitrogens with one attached hydrogen (secondary N) is 2. The molecule has 1 heterocycles. The summed E-state index contributed by atoms with van der Waals surface area (Å²) in [6.07, 6.45) is 2.26. The Kier molecular flexibility index (Phi) is 8.94. The third kappa shape index (κ3) is 6.36. The van der Waals surface area contributed by atoms with Crippen molar-refractivity contribution in [3.63, 3.8) is 0 Å². The van der Waals surface area contributed by atoms with Gasteiger partial charge in [0.05, 0.1) is 12.2 Å². The zero-order chi connectivity index (χ0) is 24.1. The molecule has 0 bridgehead atoms. The van der Waals surface area contributed by atoms with E-state index >= 15 is 0 Å². The Balaban J connectivity index is 1.82. The van der Waals surface area contributed by atoms with Gasteiger partial charge in [0.25, 0.3) is 0 Å². The Morgan fingerprint density at radius 3 is 2.52 bits per heavy atom. The summed E-state index contributed by atoms with van der Waals surface area (Å²) < 4.78 is 0. The summed E-state index contributed by atoms with van der Waals surface area (Å²) in [4.78, 5) is 0. The number of rotatable bonds is 10. The minimum atomic E-state index is -0.944. The van der Waals surface area contributed by atoms with E-state index in [1.54, 1.807) is 6.92 Å². The van der Waals surface area contributed by atoms with Crippen LogP contribution < -0.4 is 16.4 Å². The zero-order valence-corrected chi connectivity index (χ0v) is 21.0. The highest BCUT2D eigenvalue weighted by Crippen LogP contribution is 2.30. The first kappa shape index (κ1) is 25.7. The van der Waals surface area contributed by atoms with Gasteiger partial charge in [0, 0.05) is 30.9 Å². The summed E-state index contributed by atoms with van der Waals surface area (Å²) in [5, 5.41) is 27.0. The highest BCUT2D eigenvalue weighted by molar-refractivity contribution is 5.56. The maximum Gasteiger partial charge on any atom is 0.0961 e. The molecule has 5 heteroatoms. The predicted molar refractivity (Wildman–Crippen MR) is 138 cm³/mol. The van der Waals surface area contributed by atoms with Crippen molar-refractivity contribution >= 4 is 5.69 Å². The Bertz CT molecular complexity index is 926. The maximum atomic E-state index is 10.2. The number of hydrogen-bond acceptors (Lipinski definition) is 5. The number of aliphatic hydroxyl groups is 2. The Hall–Kier alpha value is -1.92. The molecule has 0 aliphatic carbocycles. The molecule has 0 fully saturated rings. The van der Waals surface area contributed by atoms with Crippen molar-refractivity contribution in [2.45, 2.75) is 97.1 Å². The van der Waals surface area contributed by atoms with Crippen molar-refractivity contribution in [3.05, 3.63) is 63.7 Å². The van der Waals surface area contributed by atoms with Crippen LogP contribution in [-0.4, -0.2) is 41.0 Å². The van der Waals surface area contributed by atoms with Crippen molar-refractivity contribution in [3.8, 4) is 0 Å². The number of hydrogen-bond donors (Lipinski definition) is 5. The van der Waals surface area contributed by atoms with Crippen LogP contribution in [0.25, 0.3) is 0 Å². The van der Waals surface area contributed by atoms with E-state index < -0.39 is 18.2 Å². The summed E-state index contributed by atoms with van der Waals surface area (Å²) in [7, 11) is 0. The van der Waals surface area contributed by atoms with Crippen molar-refractivity contribution in [1.29, 1.82) is 0 Å². The lowest BCUT2D eigenvalue weighted by molar-refractivity contribution is 0.00658. The molecule has 5 nitrogen and oxygen atoms in total. The molecule has 1 aliphatic rings. The number of aliphatic hydroxyl groups excluding tert-OH is 2. The summed E-state index contributed by atoms with van der Waals surface area (Å²) in [6.45, 7) is 12.1. The van der Waals surface area contributed by atoms with Gasteiger partial charge in [0.2, 0.25) is 0 Å². The topological polar surface area (TPSA) is 90.5 Å². The summed E-state index contributed by atoms with van der Waals surface area (Å²) in [5.74, 6) is 0.454. The fourth-order valence-corrected chi connectivity index (χ4v) is 5.23. The molecule has 0 saturated carbocycles. The average Bonchev–Trinajstić information content (AvgIpc) is 2.78. The van der Waals surface area contributed by atoms with Gasteiger partial charge in [-0.05, 0) is 84.9 Å². The van der Waals surface area contributed by atoms with Gasteiger partial charge in [-0.2, -0.15) is 0 Å². The summed E-state index contributed by atoms with van der Waals surface area (Å²) >= 11 is 0. The number of fused-ring (bicyclic) bond motifs is 1. The van der Waals surface area contributed by atoms with Crippen LogP contribution in [0.15, 0.2) is 30.3 Å². The minimum Gasteiger partial charge on any atom is -0.391 e. The van der Waals surface area contributed by atoms with E-state index in [1.807, 2.05) is 0 Å². The van der Waals surface area contributed by atoms with Crippen molar-refractivity contribution in [1.82, 2.24) is 5.32 Å². The van der Waals surface area contributed by atoms with E-state index in [9.17, 15) is 10.2 Å². The van der Waals surface area contributed by atoms with E-state index in [0.29, 0.717) is 12.5 Å². The molecule has 6 N–H and O–H groups in total. The van der Waals surface area contributed by atoms with Crippen LogP contribution in [0.1, 0.15) is 79.8 Å². The van der Waals surface area contributed by atoms with Gasteiger partial charge in [-0.15, -0.1) is 0 Å². The third-order valence-corrected chi connectivity index (χ3v) is 6.98. The van der Waals surface area contributed by atoms with Crippen LogP contribution in [0.5, 0.6) is 0 Å². The van der Waals surface area contributed by atoms with Gasteiger partial charge in [0.1, 0.15) is 0 Å². The highest BCUT2D eigenvalue weighted by atomic mass is 16.3. The SMILES string of the molecule is CCC(NCc1cc(C)c(C(C)C)c(Cc2ccc3c(c2)NCCC3)c1)[C@@H](N)C(O)[C@H](C)O. The molecule has 2 aromatic carbocycles. The van der Waals surface area contributed by atoms with Gasteiger partial charge < -0.3 is 26.6 Å². The second-order valence-corrected chi connectivity index (χ2v) is 10.0. The van der Waals surface area contributed by atoms with Crippen LogP contribution in [0.2, 0.25) is 0 Å². The van der Waals surface area contributed by atoms with Crippen LogP contribution in [0, 0.1) is 6.92 Å². The number of anilines is 1. The smallest absolute Gasteiger partial charge is 0.0961 e. The van der Waals surface area contributed by atoms with E-state index in [4.69, 9.17) is 5.73 Å². The molecule has 1 aliphatic heterocycles. The fraction of sp³-hybridized carbons (Fsp3) is 0.571.